The first-order valence-corrected chi connectivity index (χ1v) is 10.5. The third-order valence-electron chi connectivity index (χ3n) is 5.75. The molecular formula is C23H25FN2O6. The zero-order chi connectivity index (χ0) is 22.7. The Kier molecular flexibility index (Phi) is 6.57. The minimum absolute atomic E-state index is 0.0541. The normalized spacial score (nSPS) is 18.7. The van der Waals surface area contributed by atoms with Crippen LogP contribution in [0, 0.1) is 5.82 Å². The summed E-state index contributed by atoms with van der Waals surface area (Å²) in [6, 6.07) is 9.26. The molecular weight excluding hydrogens is 419 g/mol. The lowest BCUT2D eigenvalue weighted by molar-refractivity contribution is 0.0936. The number of Topliss-reactive ketones (excluding diaryl/α,β-unsaturated/α-hetero) is 1. The molecule has 2 heterocycles. The first kappa shape index (κ1) is 22.0. The first-order chi connectivity index (χ1) is 15.5. The lowest BCUT2D eigenvalue weighted by Gasteiger charge is -2.29. The van der Waals surface area contributed by atoms with Crippen molar-refractivity contribution >= 4 is 23.3 Å². The Balaban J connectivity index is 1.38. The molecule has 0 aliphatic carbocycles. The number of carbonyl (C=O) groups is 2. The number of halogens is 1. The van der Waals surface area contributed by atoms with Crippen molar-refractivity contribution in [1.29, 1.82) is 0 Å². The Hall–Kier alpha value is -3.17. The summed E-state index contributed by atoms with van der Waals surface area (Å²) in [6.07, 6.45) is -0.806. The molecule has 0 saturated carbocycles. The van der Waals surface area contributed by atoms with Gasteiger partial charge in [0.15, 0.2) is 5.78 Å². The molecule has 9 heteroatoms. The number of carbonyl (C=O) groups excluding carboxylic acids is 2. The second kappa shape index (κ2) is 9.54. The number of aliphatic hydroxyl groups is 1. The smallest absolute Gasteiger partial charge is 0.414 e. The zero-order valence-corrected chi connectivity index (χ0v) is 17.5. The predicted molar refractivity (Wildman–Crippen MR) is 115 cm³/mol. The number of ether oxygens (including phenoxy) is 2. The number of aromatic hydroxyl groups is 1. The Morgan fingerprint density at radius 1 is 1.19 bits per heavy atom. The molecule has 0 spiro atoms. The number of ketones is 1. The lowest BCUT2D eigenvalue weighted by Crippen LogP contribution is -2.36. The van der Waals surface area contributed by atoms with E-state index in [2.05, 4.69) is 0 Å². The number of morpholine rings is 1. The Bertz CT molecular complexity index is 1010. The molecule has 2 N–H and O–H groups in total. The van der Waals surface area contributed by atoms with Crippen molar-refractivity contribution in [2.45, 2.75) is 25.6 Å². The number of hydrogen-bond acceptors (Lipinski definition) is 7. The Labute approximate surface area is 184 Å². The van der Waals surface area contributed by atoms with Crippen molar-refractivity contribution in [3.63, 3.8) is 0 Å². The molecule has 0 radical (unpaired) electrons. The van der Waals surface area contributed by atoms with Crippen molar-refractivity contribution in [3.05, 3.63) is 53.3 Å². The molecule has 1 amide bonds. The van der Waals surface area contributed by atoms with E-state index in [0.29, 0.717) is 37.7 Å². The van der Waals surface area contributed by atoms with E-state index in [4.69, 9.17) is 9.47 Å². The third-order valence-corrected chi connectivity index (χ3v) is 5.75. The van der Waals surface area contributed by atoms with E-state index in [1.165, 1.54) is 23.1 Å². The monoisotopic (exact) mass is 444 g/mol. The quantitative estimate of drug-likeness (QED) is 0.634. The number of amides is 1. The summed E-state index contributed by atoms with van der Waals surface area (Å²) in [5.74, 6) is -0.968. The molecule has 170 valence electrons. The van der Waals surface area contributed by atoms with Gasteiger partial charge in [-0.15, -0.1) is 0 Å². The van der Waals surface area contributed by atoms with Gasteiger partial charge in [-0.2, -0.15) is 0 Å². The maximum Gasteiger partial charge on any atom is 0.414 e. The summed E-state index contributed by atoms with van der Waals surface area (Å²) in [6.45, 7) is 2.13. The van der Waals surface area contributed by atoms with Crippen LogP contribution in [0.1, 0.15) is 28.8 Å². The van der Waals surface area contributed by atoms with Crippen LogP contribution in [0.5, 0.6) is 5.75 Å². The summed E-state index contributed by atoms with van der Waals surface area (Å²) < 4.78 is 25.4. The summed E-state index contributed by atoms with van der Waals surface area (Å²) >= 11 is 0. The SMILES string of the molecule is O=C(CC[C@H]1CN(c2ccc(N3CCOCC3)c(F)c2)C(=O)O1)c1cccc(CO)c1O. The molecule has 0 aromatic heterocycles. The average molecular weight is 444 g/mol. The highest BCUT2D eigenvalue weighted by atomic mass is 19.1. The lowest BCUT2D eigenvalue weighted by atomic mass is 10.0. The van der Waals surface area contributed by atoms with Gasteiger partial charge in [0.25, 0.3) is 0 Å². The molecule has 2 aliphatic rings. The van der Waals surface area contributed by atoms with Crippen LogP contribution in [0.3, 0.4) is 0 Å². The van der Waals surface area contributed by atoms with Gasteiger partial charge in [0.2, 0.25) is 0 Å². The fraction of sp³-hybridized carbons (Fsp3) is 0.391. The maximum atomic E-state index is 14.7. The number of aliphatic hydroxyl groups excluding tert-OH is 1. The highest BCUT2D eigenvalue weighted by Gasteiger charge is 2.33. The van der Waals surface area contributed by atoms with Crippen LogP contribution >= 0.6 is 0 Å². The molecule has 8 nitrogen and oxygen atoms in total. The Morgan fingerprint density at radius 2 is 1.97 bits per heavy atom. The largest absolute Gasteiger partial charge is 0.507 e. The molecule has 4 rings (SSSR count). The van der Waals surface area contributed by atoms with Gasteiger partial charge in [-0.05, 0) is 30.7 Å². The van der Waals surface area contributed by atoms with Gasteiger partial charge in [-0.25, -0.2) is 9.18 Å². The molecule has 0 bridgehead atoms. The fourth-order valence-electron chi connectivity index (χ4n) is 3.98. The van der Waals surface area contributed by atoms with E-state index >= 15 is 0 Å². The number of benzene rings is 2. The van der Waals surface area contributed by atoms with E-state index in [0.717, 1.165) is 0 Å². The molecule has 2 aromatic carbocycles. The molecule has 32 heavy (non-hydrogen) atoms. The fourth-order valence-corrected chi connectivity index (χ4v) is 3.98. The summed E-state index contributed by atoms with van der Waals surface area (Å²) in [4.78, 5) is 28.1. The van der Waals surface area contributed by atoms with Crippen molar-refractivity contribution in [2.75, 3.05) is 42.6 Å². The third kappa shape index (κ3) is 4.53. The van der Waals surface area contributed by atoms with Crippen LogP contribution in [0.25, 0.3) is 0 Å². The van der Waals surface area contributed by atoms with Crippen LogP contribution in [0.15, 0.2) is 36.4 Å². The molecule has 2 saturated heterocycles. The summed E-state index contributed by atoms with van der Waals surface area (Å²) in [5.41, 5.74) is 1.26. The number of nitrogens with zero attached hydrogens (tertiary/aromatic N) is 2. The molecule has 1 atom stereocenters. The van der Waals surface area contributed by atoms with E-state index in [-0.39, 0.29) is 48.7 Å². The van der Waals surface area contributed by atoms with Gasteiger partial charge >= 0.3 is 6.09 Å². The predicted octanol–water partition coefficient (Wildman–Crippen LogP) is 2.85. The van der Waals surface area contributed by atoms with Crippen LogP contribution < -0.4 is 9.80 Å². The molecule has 2 aromatic rings. The van der Waals surface area contributed by atoms with Crippen molar-refractivity contribution < 1.29 is 33.7 Å². The van der Waals surface area contributed by atoms with E-state index in [9.17, 15) is 24.2 Å². The van der Waals surface area contributed by atoms with E-state index in [1.54, 1.807) is 18.2 Å². The van der Waals surface area contributed by atoms with Gasteiger partial charge in [0, 0.05) is 25.1 Å². The Morgan fingerprint density at radius 3 is 2.69 bits per heavy atom. The van der Waals surface area contributed by atoms with E-state index in [1.807, 2.05) is 4.90 Å². The van der Waals surface area contributed by atoms with Crippen LogP contribution in [-0.4, -0.2) is 61.0 Å². The summed E-state index contributed by atoms with van der Waals surface area (Å²) in [5, 5.41) is 19.3. The second-order valence-electron chi connectivity index (χ2n) is 7.78. The molecule has 2 aliphatic heterocycles. The van der Waals surface area contributed by atoms with Crippen LogP contribution in [0.2, 0.25) is 0 Å². The highest BCUT2D eigenvalue weighted by molar-refractivity contribution is 5.99. The van der Waals surface area contributed by atoms with Gasteiger partial charge < -0.3 is 24.6 Å². The topological polar surface area (TPSA) is 99.5 Å². The van der Waals surface area contributed by atoms with Crippen LogP contribution in [0.4, 0.5) is 20.6 Å². The van der Waals surface area contributed by atoms with Crippen molar-refractivity contribution in [3.8, 4) is 5.75 Å². The minimum Gasteiger partial charge on any atom is -0.507 e. The highest BCUT2D eigenvalue weighted by Crippen LogP contribution is 2.30. The van der Waals surface area contributed by atoms with Gasteiger partial charge in [-0.3, -0.25) is 9.69 Å². The van der Waals surface area contributed by atoms with Gasteiger partial charge in [0.1, 0.15) is 17.7 Å². The second-order valence-corrected chi connectivity index (χ2v) is 7.78. The summed E-state index contributed by atoms with van der Waals surface area (Å²) in [7, 11) is 0. The molecule has 0 unspecified atom stereocenters. The number of cyclic esters (lactones) is 1. The maximum absolute atomic E-state index is 14.7. The number of anilines is 2. The van der Waals surface area contributed by atoms with Gasteiger partial charge in [0.05, 0.1) is 43.3 Å². The molecule has 2 fully saturated rings. The minimum atomic E-state index is -0.592. The van der Waals surface area contributed by atoms with Crippen molar-refractivity contribution in [2.24, 2.45) is 0 Å². The van der Waals surface area contributed by atoms with E-state index < -0.39 is 18.0 Å². The number of rotatable bonds is 7. The number of hydrogen-bond donors (Lipinski definition) is 2. The zero-order valence-electron chi connectivity index (χ0n) is 17.5. The van der Waals surface area contributed by atoms with Crippen LogP contribution in [-0.2, 0) is 16.1 Å². The number of phenols is 1. The van der Waals surface area contributed by atoms with Crippen molar-refractivity contribution in [1.82, 2.24) is 0 Å². The van der Waals surface area contributed by atoms with Gasteiger partial charge in [-0.1, -0.05) is 12.1 Å². The first-order valence-electron chi connectivity index (χ1n) is 10.5. The standard InChI is InChI=1S/C23H25FN2O6/c24-19-12-16(4-6-20(19)25-8-10-31-11-9-25)26-13-17(32-23(26)30)5-7-21(28)18-3-1-2-15(14-27)22(18)29/h1-4,6,12,17,27,29H,5,7-11,13-14H2/t17-/m0/s1. The average Bonchev–Trinajstić information content (AvgIpc) is 3.18. The number of para-hydroxylation sites is 1.